The molecule has 0 radical (unpaired) electrons. The van der Waals surface area contributed by atoms with Crippen molar-refractivity contribution < 1.29 is 9.53 Å². The molecule has 5 heteroatoms. The Kier molecular flexibility index (Phi) is 6.05. The lowest BCUT2D eigenvalue weighted by Gasteiger charge is -2.37. The molecule has 5 nitrogen and oxygen atoms in total. The molecular weight excluding hydrogens is 386 g/mol. The molecule has 1 aromatic heterocycles. The fourth-order valence-electron chi connectivity index (χ4n) is 4.88. The number of nitrogens with one attached hydrogen (secondary N) is 1. The first-order valence-electron chi connectivity index (χ1n) is 11.5. The number of piperidine rings is 2. The van der Waals surface area contributed by atoms with Crippen LogP contribution in [0, 0.1) is 0 Å². The standard InChI is InChI=1S/C26H31N3O2/c30-26(22-7-6-21-8-13-27-25(21)18-22)29-16-11-24(12-17-29)31-23-9-14-28(15-10-23)19-20-4-2-1-3-5-20/h1-8,13,18,23-24,27H,9-12,14-17,19H2. The molecule has 0 unspecified atom stereocenters. The lowest BCUT2D eigenvalue weighted by Crippen LogP contribution is -2.43. The zero-order valence-electron chi connectivity index (χ0n) is 18.0. The first-order chi connectivity index (χ1) is 15.2. The first-order valence-corrected chi connectivity index (χ1v) is 11.5. The smallest absolute Gasteiger partial charge is 0.253 e. The van der Waals surface area contributed by atoms with E-state index in [-0.39, 0.29) is 12.0 Å². The Morgan fingerprint density at radius 2 is 1.61 bits per heavy atom. The maximum absolute atomic E-state index is 12.9. The van der Waals surface area contributed by atoms with Crippen molar-refractivity contribution in [3.8, 4) is 0 Å². The van der Waals surface area contributed by atoms with Gasteiger partial charge in [-0.3, -0.25) is 9.69 Å². The van der Waals surface area contributed by atoms with Crippen LogP contribution in [0.3, 0.4) is 0 Å². The summed E-state index contributed by atoms with van der Waals surface area (Å²) in [5.74, 6) is 0.129. The van der Waals surface area contributed by atoms with Crippen LogP contribution in [0.1, 0.15) is 41.6 Å². The van der Waals surface area contributed by atoms with Crippen LogP contribution in [0.4, 0.5) is 0 Å². The topological polar surface area (TPSA) is 48.6 Å². The molecular formula is C26H31N3O2. The van der Waals surface area contributed by atoms with Crippen LogP contribution in [0.2, 0.25) is 0 Å². The molecule has 5 rings (SSSR count). The van der Waals surface area contributed by atoms with E-state index in [9.17, 15) is 4.79 Å². The normalized spacial score (nSPS) is 19.2. The number of hydrogen-bond acceptors (Lipinski definition) is 3. The van der Waals surface area contributed by atoms with Crippen LogP contribution < -0.4 is 0 Å². The largest absolute Gasteiger partial charge is 0.375 e. The number of aromatic nitrogens is 1. The van der Waals surface area contributed by atoms with Crippen molar-refractivity contribution in [1.29, 1.82) is 0 Å². The molecule has 3 heterocycles. The predicted molar refractivity (Wildman–Crippen MR) is 123 cm³/mol. The zero-order chi connectivity index (χ0) is 21.0. The third-order valence-electron chi connectivity index (χ3n) is 6.70. The second kappa shape index (κ2) is 9.25. The molecule has 2 aliphatic heterocycles. The molecule has 0 saturated carbocycles. The number of rotatable bonds is 5. The maximum Gasteiger partial charge on any atom is 0.253 e. The van der Waals surface area contributed by atoms with Crippen molar-refractivity contribution in [2.75, 3.05) is 26.2 Å². The highest BCUT2D eigenvalue weighted by Crippen LogP contribution is 2.23. The number of aromatic amines is 1. The van der Waals surface area contributed by atoms with E-state index in [0.717, 1.165) is 74.9 Å². The van der Waals surface area contributed by atoms with Gasteiger partial charge in [0.15, 0.2) is 0 Å². The minimum absolute atomic E-state index is 0.129. The zero-order valence-corrected chi connectivity index (χ0v) is 18.0. The summed E-state index contributed by atoms with van der Waals surface area (Å²) in [5, 5.41) is 1.14. The monoisotopic (exact) mass is 417 g/mol. The van der Waals surface area contributed by atoms with E-state index in [2.05, 4.69) is 40.2 Å². The number of fused-ring (bicyclic) bond motifs is 1. The Morgan fingerprint density at radius 3 is 2.35 bits per heavy atom. The number of carbonyl (C=O) groups excluding carboxylic acids is 1. The number of benzene rings is 2. The molecule has 2 saturated heterocycles. The number of H-pyrrole nitrogens is 1. The van der Waals surface area contributed by atoms with Crippen molar-refractivity contribution >= 4 is 16.8 Å². The quantitative estimate of drug-likeness (QED) is 0.667. The van der Waals surface area contributed by atoms with Gasteiger partial charge in [-0.1, -0.05) is 36.4 Å². The molecule has 2 aliphatic rings. The highest BCUT2D eigenvalue weighted by atomic mass is 16.5. The van der Waals surface area contributed by atoms with Gasteiger partial charge in [0.1, 0.15) is 0 Å². The van der Waals surface area contributed by atoms with E-state index in [1.54, 1.807) is 0 Å². The Bertz CT molecular complexity index is 1000. The maximum atomic E-state index is 12.9. The van der Waals surface area contributed by atoms with Crippen LogP contribution in [-0.4, -0.2) is 59.1 Å². The third kappa shape index (κ3) is 4.83. The Labute approximate surface area is 184 Å². The van der Waals surface area contributed by atoms with Crippen LogP contribution in [0.5, 0.6) is 0 Å². The van der Waals surface area contributed by atoms with Gasteiger partial charge < -0.3 is 14.6 Å². The van der Waals surface area contributed by atoms with Gasteiger partial charge in [-0.05, 0) is 54.8 Å². The number of likely N-dealkylation sites (tertiary alicyclic amines) is 2. The minimum atomic E-state index is 0.129. The van der Waals surface area contributed by atoms with Crippen molar-refractivity contribution in [3.05, 3.63) is 71.9 Å². The molecule has 31 heavy (non-hydrogen) atoms. The van der Waals surface area contributed by atoms with Crippen molar-refractivity contribution in [2.24, 2.45) is 0 Å². The van der Waals surface area contributed by atoms with Crippen molar-refractivity contribution in [2.45, 2.75) is 44.4 Å². The van der Waals surface area contributed by atoms with E-state index in [1.165, 1.54) is 5.56 Å². The summed E-state index contributed by atoms with van der Waals surface area (Å²) in [6.45, 7) is 4.77. The molecule has 162 valence electrons. The number of ether oxygens (including phenoxy) is 1. The summed E-state index contributed by atoms with van der Waals surface area (Å²) in [6, 6.07) is 18.6. The number of carbonyl (C=O) groups is 1. The highest BCUT2D eigenvalue weighted by molar-refractivity contribution is 5.98. The average Bonchev–Trinajstić information content (AvgIpc) is 3.29. The van der Waals surface area contributed by atoms with Gasteiger partial charge in [0.05, 0.1) is 12.2 Å². The van der Waals surface area contributed by atoms with Gasteiger partial charge in [-0.2, -0.15) is 0 Å². The summed E-state index contributed by atoms with van der Waals surface area (Å²) in [7, 11) is 0. The first kappa shape index (κ1) is 20.3. The molecule has 1 N–H and O–H groups in total. The van der Waals surface area contributed by atoms with Gasteiger partial charge in [0, 0.05) is 50.0 Å². The SMILES string of the molecule is O=C(c1ccc2cc[nH]c2c1)N1CCC(OC2CCN(Cc3ccccc3)CC2)CC1. The van der Waals surface area contributed by atoms with Crippen LogP contribution >= 0.6 is 0 Å². The predicted octanol–water partition coefficient (Wildman–Crippen LogP) is 4.45. The van der Waals surface area contributed by atoms with Crippen LogP contribution in [-0.2, 0) is 11.3 Å². The molecule has 2 fully saturated rings. The average molecular weight is 418 g/mol. The molecule has 0 bridgehead atoms. The summed E-state index contributed by atoms with van der Waals surface area (Å²) in [4.78, 5) is 20.6. The molecule has 0 atom stereocenters. The van der Waals surface area contributed by atoms with E-state index in [0.29, 0.717) is 6.10 Å². The summed E-state index contributed by atoms with van der Waals surface area (Å²) >= 11 is 0. The van der Waals surface area contributed by atoms with Gasteiger partial charge in [-0.25, -0.2) is 0 Å². The van der Waals surface area contributed by atoms with Gasteiger partial charge in [0.2, 0.25) is 0 Å². The second-order valence-corrected chi connectivity index (χ2v) is 8.87. The van der Waals surface area contributed by atoms with Gasteiger partial charge >= 0.3 is 0 Å². The second-order valence-electron chi connectivity index (χ2n) is 8.87. The lowest BCUT2D eigenvalue weighted by atomic mass is 10.0. The Balaban J connectivity index is 1.07. The van der Waals surface area contributed by atoms with Crippen molar-refractivity contribution in [1.82, 2.24) is 14.8 Å². The van der Waals surface area contributed by atoms with E-state index in [1.807, 2.05) is 35.4 Å². The van der Waals surface area contributed by atoms with Gasteiger partial charge in [0.25, 0.3) is 5.91 Å². The molecule has 0 aliphatic carbocycles. The minimum Gasteiger partial charge on any atom is -0.375 e. The molecule has 3 aromatic rings. The summed E-state index contributed by atoms with van der Waals surface area (Å²) in [6.07, 6.45) is 6.61. The number of nitrogens with zero attached hydrogens (tertiary/aromatic N) is 2. The Hall–Kier alpha value is -2.63. The molecule has 2 aromatic carbocycles. The van der Waals surface area contributed by atoms with Crippen LogP contribution in [0.15, 0.2) is 60.8 Å². The van der Waals surface area contributed by atoms with E-state index in [4.69, 9.17) is 4.74 Å². The van der Waals surface area contributed by atoms with E-state index >= 15 is 0 Å². The Morgan fingerprint density at radius 1 is 0.903 bits per heavy atom. The molecule has 1 amide bonds. The summed E-state index contributed by atoms with van der Waals surface area (Å²) in [5.41, 5.74) is 3.16. The summed E-state index contributed by atoms with van der Waals surface area (Å²) < 4.78 is 6.44. The fourth-order valence-corrected chi connectivity index (χ4v) is 4.88. The lowest BCUT2D eigenvalue weighted by molar-refractivity contribution is -0.0629. The number of amides is 1. The van der Waals surface area contributed by atoms with Crippen molar-refractivity contribution in [3.63, 3.8) is 0 Å². The van der Waals surface area contributed by atoms with Gasteiger partial charge in [-0.15, -0.1) is 0 Å². The number of hydrogen-bond donors (Lipinski definition) is 1. The van der Waals surface area contributed by atoms with Crippen LogP contribution in [0.25, 0.3) is 10.9 Å². The van der Waals surface area contributed by atoms with E-state index < -0.39 is 0 Å². The molecule has 0 spiro atoms. The highest BCUT2D eigenvalue weighted by Gasteiger charge is 2.28. The third-order valence-corrected chi connectivity index (χ3v) is 6.70. The fraction of sp³-hybridized carbons (Fsp3) is 0.423.